The smallest absolute Gasteiger partial charge is 0.180 e. The molecular formula is C12H18O5S. The molecule has 18 heavy (non-hydrogen) atoms. The average Bonchev–Trinajstić information content (AvgIpc) is 2.36. The molecule has 1 rings (SSSR count). The quantitative estimate of drug-likeness (QED) is 0.712. The third-order valence-corrected chi connectivity index (χ3v) is 3.92. The summed E-state index contributed by atoms with van der Waals surface area (Å²) in [5.41, 5.74) is 0. The molecule has 1 N–H and O–H groups in total. The number of rotatable bonds is 8. The van der Waals surface area contributed by atoms with Crippen molar-refractivity contribution in [2.45, 2.75) is 11.8 Å². The molecule has 102 valence electrons. The molecule has 0 spiro atoms. The molecule has 6 heteroatoms. The maximum atomic E-state index is 11.9. The lowest BCUT2D eigenvalue weighted by atomic mass is 10.3. The Morgan fingerprint density at radius 1 is 1.17 bits per heavy atom. The molecule has 0 atom stereocenters. The zero-order valence-corrected chi connectivity index (χ0v) is 11.1. The van der Waals surface area contributed by atoms with Crippen molar-refractivity contribution in [2.24, 2.45) is 0 Å². The fraction of sp³-hybridized carbons (Fsp3) is 0.500. The van der Waals surface area contributed by atoms with Gasteiger partial charge in [0.05, 0.1) is 37.1 Å². The Morgan fingerprint density at radius 2 is 1.83 bits per heavy atom. The second-order valence-electron chi connectivity index (χ2n) is 3.56. The van der Waals surface area contributed by atoms with Crippen molar-refractivity contribution in [3.63, 3.8) is 0 Å². The second-order valence-corrected chi connectivity index (χ2v) is 5.67. The van der Waals surface area contributed by atoms with Gasteiger partial charge in [0.15, 0.2) is 9.84 Å². The van der Waals surface area contributed by atoms with Crippen molar-refractivity contribution < 1.29 is 23.0 Å². The summed E-state index contributed by atoms with van der Waals surface area (Å²) in [5.74, 6) is 0.550. The van der Waals surface area contributed by atoms with Gasteiger partial charge in [0.25, 0.3) is 0 Å². The molecule has 0 aromatic heterocycles. The minimum atomic E-state index is -3.33. The van der Waals surface area contributed by atoms with Crippen LogP contribution < -0.4 is 4.74 Å². The number of sulfone groups is 1. The molecule has 0 unspecified atom stereocenters. The molecule has 0 saturated carbocycles. The minimum absolute atomic E-state index is 0.0795. The number of hydrogen-bond acceptors (Lipinski definition) is 5. The average molecular weight is 274 g/mol. The van der Waals surface area contributed by atoms with Crippen molar-refractivity contribution in [1.82, 2.24) is 0 Å². The van der Waals surface area contributed by atoms with Gasteiger partial charge in [-0.1, -0.05) is 0 Å². The summed E-state index contributed by atoms with van der Waals surface area (Å²) in [6.45, 7) is 2.53. The van der Waals surface area contributed by atoms with Gasteiger partial charge in [-0.3, -0.25) is 0 Å². The van der Waals surface area contributed by atoms with Gasteiger partial charge in [-0.15, -0.1) is 0 Å². The van der Waals surface area contributed by atoms with Crippen LogP contribution in [-0.2, 0) is 14.6 Å². The van der Waals surface area contributed by atoms with Crippen LogP contribution in [0.2, 0.25) is 0 Å². The van der Waals surface area contributed by atoms with E-state index in [1.54, 1.807) is 12.1 Å². The summed E-state index contributed by atoms with van der Waals surface area (Å²) in [6, 6.07) is 6.30. The molecule has 0 aliphatic rings. The Labute approximate surface area is 107 Å². The van der Waals surface area contributed by atoms with Crippen LogP contribution in [0.15, 0.2) is 29.2 Å². The van der Waals surface area contributed by atoms with Crippen molar-refractivity contribution in [2.75, 3.05) is 32.2 Å². The van der Waals surface area contributed by atoms with Gasteiger partial charge in [-0.2, -0.15) is 0 Å². The largest absolute Gasteiger partial charge is 0.494 e. The monoisotopic (exact) mass is 274 g/mol. The predicted octanol–water partition coefficient (Wildman–Crippen LogP) is 0.868. The molecule has 0 radical (unpaired) electrons. The van der Waals surface area contributed by atoms with E-state index < -0.39 is 9.84 Å². The summed E-state index contributed by atoms with van der Waals surface area (Å²) < 4.78 is 34.0. The lowest BCUT2D eigenvalue weighted by Gasteiger charge is -2.07. The first-order valence-electron chi connectivity index (χ1n) is 5.74. The molecule has 0 amide bonds. The summed E-state index contributed by atoms with van der Waals surface area (Å²) in [6.07, 6.45) is 0. The van der Waals surface area contributed by atoms with Crippen molar-refractivity contribution >= 4 is 9.84 Å². The number of ether oxygens (including phenoxy) is 2. The highest BCUT2D eigenvalue weighted by atomic mass is 32.2. The molecular weight excluding hydrogens is 256 g/mol. The molecule has 0 heterocycles. The van der Waals surface area contributed by atoms with Crippen LogP contribution in [0, 0.1) is 0 Å². The summed E-state index contributed by atoms with van der Waals surface area (Å²) in [7, 11) is -3.33. The first kappa shape index (κ1) is 14.9. The number of hydrogen-bond donors (Lipinski definition) is 1. The van der Waals surface area contributed by atoms with E-state index in [9.17, 15) is 8.42 Å². The van der Waals surface area contributed by atoms with E-state index in [1.807, 2.05) is 6.92 Å². The Bertz CT molecular complexity index is 438. The standard InChI is InChI=1S/C12H18O5S/c1-2-17-11-3-5-12(6-4-11)18(14,15)10-9-16-8-7-13/h3-6,13H,2,7-10H2,1H3. The molecule has 1 aromatic carbocycles. The van der Waals surface area contributed by atoms with Crippen LogP contribution in [0.3, 0.4) is 0 Å². The third-order valence-electron chi connectivity index (χ3n) is 2.23. The third kappa shape index (κ3) is 4.64. The highest BCUT2D eigenvalue weighted by molar-refractivity contribution is 7.91. The van der Waals surface area contributed by atoms with Crippen molar-refractivity contribution in [3.8, 4) is 5.75 Å². The van der Waals surface area contributed by atoms with Gasteiger partial charge in [0, 0.05) is 0 Å². The Balaban J connectivity index is 2.61. The van der Waals surface area contributed by atoms with Crippen molar-refractivity contribution in [1.29, 1.82) is 0 Å². The zero-order valence-electron chi connectivity index (χ0n) is 10.3. The van der Waals surface area contributed by atoms with Gasteiger partial charge >= 0.3 is 0 Å². The minimum Gasteiger partial charge on any atom is -0.494 e. The number of aliphatic hydroxyl groups excluding tert-OH is 1. The number of aliphatic hydroxyl groups is 1. The van der Waals surface area contributed by atoms with E-state index in [2.05, 4.69) is 0 Å². The highest BCUT2D eigenvalue weighted by Crippen LogP contribution is 2.17. The van der Waals surface area contributed by atoms with E-state index in [0.717, 1.165) is 0 Å². The first-order valence-corrected chi connectivity index (χ1v) is 7.39. The Morgan fingerprint density at radius 3 is 2.39 bits per heavy atom. The van der Waals surface area contributed by atoms with Crippen LogP contribution in [0.1, 0.15) is 6.92 Å². The van der Waals surface area contributed by atoms with E-state index in [4.69, 9.17) is 14.6 Å². The highest BCUT2D eigenvalue weighted by Gasteiger charge is 2.14. The van der Waals surface area contributed by atoms with E-state index in [1.165, 1.54) is 12.1 Å². The Kier molecular flexibility index (Phi) is 6.11. The molecule has 5 nitrogen and oxygen atoms in total. The van der Waals surface area contributed by atoms with Gasteiger partial charge in [-0.25, -0.2) is 8.42 Å². The molecule has 0 bridgehead atoms. The summed E-state index contributed by atoms with van der Waals surface area (Å²) in [5, 5.41) is 8.51. The molecule has 0 aliphatic heterocycles. The zero-order chi connectivity index (χ0) is 13.4. The van der Waals surface area contributed by atoms with Crippen LogP contribution in [0.5, 0.6) is 5.75 Å². The predicted molar refractivity (Wildman–Crippen MR) is 67.6 cm³/mol. The van der Waals surface area contributed by atoms with Gasteiger partial charge in [0.1, 0.15) is 5.75 Å². The second kappa shape index (κ2) is 7.35. The van der Waals surface area contributed by atoms with E-state index in [-0.39, 0.29) is 30.5 Å². The lowest BCUT2D eigenvalue weighted by Crippen LogP contribution is -2.13. The maximum Gasteiger partial charge on any atom is 0.180 e. The summed E-state index contributed by atoms with van der Waals surface area (Å²) in [4.78, 5) is 0.249. The fourth-order valence-corrected chi connectivity index (χ4v) is 2.49. The topological polar surface area (TPSA) is 72.8 Å². The van der Waals surface area contributed by atoms with Crippen LogP contribution in [0.25, 0.3) is 0 Å². The van der Waals surface area contributed by atoms with Crippen LogP contribution in [-0.4, -0.2) is 45.7 Å². The SMILES string of the molecule is CCOc1ccc(S(=O)(=O)CCOCCO)cc1. The normalized spacial score (nSPS) is 11.4. The van der Waals surface area contributed by atoms with Crippen LogP contribution in [0.4, 0.5) is 0 Å². The van der Waals surface area contributed by atoms with E-state index in [0.29, 0.717) is 12.4 Å². The summed E-state index contributed by atoms with van der Waals surface area (Å²) >= 11 is 0. The first-order chi connectivity index (χ1) is 8.60. The number of benzene rings is 1. The Hall–Kier alpha value is -1.11. The van der Waals surface area contributed by atoms with Gasteiger partial charge in [0.2, 0.25) is 0 Å². The molecule has 0 fully saturated rings. The molecule has 0 aliphatic carbocycles. The lowest BCUT2D eigenvalue weighted by molar-refractivity contribution is 0.103. The molecule has 1 aromatic rings. The van der Waals surface area contributed by atoms with Gasteiger partial charge < -0.3 is 14.6 Å². The van der Waals surface area contributed by atoms with Crippen LogP contribution >= 0.6 is 0 Å². The fourth-order valence-electron chi connectivity index (χ4n) is 1.36. The van der Waals surface area contributed by atoms with Gasteiger partial charge in [-0.05, 0) is 31.2 Å². The maximum absolute atomic E-state index is 11.9. The van der Waals surface area contributed by atoms with Crippen molar-refractivity contribution in [3.05, 3.63) is 24.3 Å². The molecule has 0 saturated heterocycles. The van der Waals surface area contributed by atoms with E-state index >= 15 is 0 Å².